The Kier molecular flexibility index (Phi) is 10.8. The zero-order valence-corrected chi connectivity index (χ0v) is 16.4. The molecule has 1 heterocycles. The predicted molar refractivity (Wildman–Crippen MR) is 105 cm³/mol. The van der Waals surface area contributed by atoms with Crippen LogP contribution in [0.25, 0.3) is 0 Å². The molecule has 0 amide bonds. The summed E-state index contributed by atoms with van der Waals surface area (Å²) in [5, 5.41) is 13.2. The molecular formula is C19H37N5O. The molecule has 144 valence electrons. The molecule has 0 fully saturated rings. The summed E-state index contributed by atoms with van der Waals surface area (Å²) >= 11 is 0. The number of aliphatic hydroxyl groups is 1. The van der Waals surface area contributed by atoms with Crippen molar-refractivity contribution in [1.82, 2.24) is 20.1 Å². The van der Waals surface area contributed by atoms with Crippen LogP contribution >= 0.6 is 0 Å². The lowest BCUT2D eigenvalue weighted by Gasteiger charge is -2.24. The number of pyridine rings is 1. The minimum Gasteiger partial charge on any atom is -0.387 e. The highest BCUT2D eigenvalue weighted by atomic mass is 16.3. The summed E-state index contributed by atoms with van der Waals surface area (Å²) in [6, 6.07) is 6.01. The van der Waals surface area contributed by atoms with E-state index >= 15 is 0 Å². The fourth-order valence-corrected chi connectivity index (χ4v) is 2.66. The molecule has 6 nitrogen and oxygen atoms in total. The topological polar surface area (TPSA) is 77.6 Å². The second-order valence-electron chi connectivity index (χ2n) is 6.98. The number of nitrogens with one attached hydrogen (secondary N) is 1. The summed E-state index contributed by atoms with van der Waals surface area (Å²) in [4.78, 5) is 9.24. The summed E-state index contributed by atoms with van der Waals surface area (Å²) in [5.41, 5.74) is 7.35. The van der Waals surface area contributed by atoms with Gasteiger partial charge in [-0.2, -0.15) is 0 Å². The van der Waals surface area contributed by atoms with Gasteiger partial charge in [-0.25, -0.2) is 0 Å². The van der Waals surface area contributed by atoms with E-state index < -0.39 is 6.10 Å². The van der Waals surface area contributed by atoms with Crippen molar-refractivity contribution in [3.8, 4) is 0 Å². The van der Waals surface area contributed by atoms with Gasteiger partial charge in [-0.05, 0) is 79.1 Å². The molecule has 0 spiro atoms. The minimum atomic E-state index is -0.528. The van der Waals surface area contributed by atoms with Crippen LogP contribution in [-0.2, 0) is 0 Å². The molecule has 0 aromatic carbocycles. The zero-order valence-electron chi connectivity index (χ0n) is 16.4. The molecule has 0 radical (unpaired) electrons. The van der Waals surface area contributed by atoms with Crippen LogP contribution in [0.4, 0.5) is 0 Å². The van der Waals surface area contributed by atoms with E-state index in [0.29, 0.717) is 0 Å². The van der Waals surface area contributed by atoms with Gasteiger partial charge < -0.3 is 26.0 Å². The first-order chi connectivity index (χ1) is 11.9. The van der Waals surface area contributed by atoms with Crippen molar-refractivity contribution < 1.29 is 5.11 Å². The van der Waals surface area contributed by atoms with Crippen LogP contribution < -0.4 is 11.1 Å². The second kappa shape index (κ2) is 12.3. The van der Waals surface area contributed by atoms with Crippen LogP contribution in [-0.4, -0.2) is 73.3 Å². The Morgan fingerprint density at radius 3 is 2.40 bits per heavy atom. The second-order valence-corrected chi connectivity index (χ2v) is 6.98. The van der Waals surface area contributed by atoms with Crippen LogP contribution in [0.2, 0.25) is 0 Å². The Hall–Kier alpha value is -1.05. The van der Waals surface area contributed by atoms with E-state index in [1.54, 1.807) is 6.92 Å². The Balaban J connectivity index is 2.37. The normalized spacial score (nSPS) is 14.2. The van der Waals surface area contributed by atoms with Crippen LogP contribution in [0.3, 0.4) is 0 Å². The number of aliphatic hydroxyl groups excluding tert-OH is 1. The average Bonchev–Trinajstić information content (AvgIpc) is 2.59. The van der Waals surface area contributed by atoms with Gasteiger partial charge in [-0.1, -0.05) is 6.07 Å². The maximum absolute atomic E-state index is 9.66. The molecular weight excluding hydrogens is 314 g/mol. The van der Waals surface area contributed by atoms with Gasteiger partial charge in [-0.3, -0.25) is 4.98 Å². The molecule has 0 saturated heterocycles. The maximum atomic E-state index is 9.66. The van der Waals surface area contributed by atoms with E-state index in [0.717, 1.165) is 63.5 Å². The average molecular weight is 352 g/mol. The highest BCUT2D eigenvalue weighted by molar-refractivity contribution is 5.15. The quantitative estimate of drug-likeness (QED) is 0.466. The summed E-state index contributed by atoms with van der Waals surface area (Å²) in [6.45, 7) is 9.86. The van der Waals surface area contributed by atoms with Crippen molar-refractivity contribution in [3.05, 3.63) is 29.6 Å². The Morgan fingerprint density at radius 2 is 1.76 bits per heavy atom. The van der Waals surface area contributed by atoms with Crippen molar-refractivity contribution in [2.45, 2.75) is 38.8 Å². The van der Waals surface area contributed by atoms with E-state index in [1.807, 2.05) is 18.2 Å². The van der Waals surface area contributed by atoms with Crippen molar-refractivity contribution in [1.29, 1.82) is 0 Å². The van der Waals surface area contributed by atoms with E-state index in [9.17, 15) is 5.11 Å². The van der Waals surface area contributed by atoms with Gasteiger partial charge in [0.15, 0.2) is 0 Å². The standard InChI is InChI=1S/C19H37N5O/c1-16(18-8-5-9-19(22-18)17(2)25)21-11-7-13-24(12-6-10-20)15-14-23(3)4/h5,8-9,16-17,21,25H,6-7,10-15,20H2,1-4H3/t16-,17-/m1/s1. The highest BCUT2D eigenvalue weighted by Gasteiger charge is 2.10. The Labute approximate surface area is 153 Å². The number of nitrogens with zero attached hydrogens (tertiary/aromatic N) is 3. The highest BCUT2D eigenvalue weighted by Crippen LogP contribution is 2.14. The zero-order chi connectivity index (χ0) is 18.7. The third-order valence-electron chi connectivity index (χ3n) is 4.31. The van der Waals surface area contributed by atoms with Gasteiger partial charge in [-0.15, -0.1) is 0 Å². The number of hydrogen-bond acceptors (Lipinski definition) is 6. The summed E-state index contributed by atoms with van der Waals surface area (Å²) < 4.78 is 0. The molecule has 25 heavy (non-hydrogen) atoms. The Morgan fingerprint density at radius 1 is 1.08 bits per heavy atom. The number of likely N-dealkylation sites (N-methyl/N-ethyl adjacent to an activating group) is 1. The minimum absolute atomic E-state index is 0.179. The van der Waals surface area contributed by atoms with E-state index in [4.69, 9.17) is 5.73 Å². The first kappa shape index (κ1) is 22.0. The molecule has 0 aliphatic heterocycles. The summed E-state index contributed by atoms with van der Waals surface area (Å²) in [6.07, 6.45) is 1.62. The molecule has 1 rings (SSSR count). The third-order valence-corrected chi connectivity index (χ3v) is 4.31. The van der Waals surface area contributed by atoms with Gasteiger partial charge in [0, 0.05) is 19.1 Å². The van der Waals surface area contributed by atoms with Crippen LogP contribution in [0.5, 0.6) is 0 Å². The fourth-order valence-electron chi connectivity index (χ4n) is 2.66. The van der Waals surface area contributed by atoms with Crippen molar-refractivity contribution in [3.63, 3.8) is 0 Å². The first-order valence-electron chi connectivity index (χ1n) is 9.39. The molecule has 6 heteroatoms. The lowest BCUT2D eigenvalue weighted by Crippen LogP contribution is -2.35. The van der Waals surface area contributed by atoms with Gasteiger partial charge in [0.2, 0.25) is 0 Å². The molecule has 0 unspecified atom stereocenters. The van der Waals surface area contributed by atoms with E-state index in [-0.39, 0.29) is 6.04 Å². The van der Waals surface area contributed by atoms with Gasteiger partial charge in [0.05, 0.1) is 17.5 Å². The van der Waals surface area contributed by atoms with Crippen molar-refractivity contribution >= 4 is 0 Å². The molecule has 0 bridgehead atoms. The molecule has 1 aromatic heterocycles. The monoisotopic (exact) mass is 351 g/mol. The van der Waals surface area contributed by atoms with Crippen LogP contribution in [0.1, 0.15) is 50.2 Å². The van der Waals surface area contributed by atoms with E-state index in [2.05, 4.69) is 41.1 Å². The van der Waals surface area contributed by atoms with Gasteiger partial charge >= 0.3 is 0 Å². The lowest BCUT2D eigenvalue weighted by atomic mass is 10.1. The largest absolute Gasteiger partial charge is 0.387 e. The molecule has 0 aliphatic rings. The molecule has 1 aromatic rings. The molecule has 0 saturated carbocycles. The number of nitrogens with two attached hydrogens (primary N) is 1. The number of rotatable bonds is 13. The van der Waals surface area contributed by atoms with Crippen LogP contribution in [0.15, 0.2) is 18.2 Å². The van der Waals surface area contributed by atoms with Crippen molar-refractivity contribution in [2.24, 2.45) is 5.73 Å². The summed E-state index contributed by atoms with van der Waals surface area (Å²) in [7, 11) is 4.22. The Bertz CT molecular complexity index is 467. The smallest absolute Gasteiger partial charge is 0.0931 e. The molecule has 4 N–H and O–H groups in total. The maximum Gasteiger partial charge on any atom is 0.0931 e. The molecule has 2 atom stereocenters. The van der Waals surface area contributed by atoms with Crippen LogP contribution in [0, 0.1) is 0 Å². The lowest BCUT2D eigenvalue weighted by molar-refractivity contribution is 0.194. The predicted octanol–water partition coefficient (Wildman–Crippen LogP) is 1.39. The van der Waals surface area contributed by atoms with E-state index in [1.165, 1.54) is 0 Å². The number of hydrogen-bond donors (Lipinski definition) is 3. The fraction of sp³-hybridized carbons (Fsp3) is 0.737. The molecule has 0 aliphatic carbocycles. The first-order valence-corrected chi connectivity index (χ1v) is 9.39. The SMILES string of the molecule is C[C@@H](O)c1cccc([C@@H](C)NCCCN(CCCN)CCN(C)C)n1. The summed E-state index contributed by atoms with van der Waals surface area (Å²) in [5.74, 6) is 0. The number of aromatic nitrogens is 1. The third kappa shape index (κ3) is 9.28. The van der Waals surface area contributed by atoms with Gasteiger partial charge in [0.1, 0.15) is 0 Å². The van der Waals surface area contributed by atoms with Crippen molar-refractivity contribution in [2.75, 3.05) is 53.4 Å². The van der Waals surface area contributed by atoms with Gasteiger partial charge in [0.25, 0.3) is 0 Å².